The van der Waals surface area contributed by atoms with Crippen molar-refractivity contribution >= 4 is 46.8 Å². The Bertz CT molecular complexity index is 819. The molecule has 4 nitrogen and oxygen atoms in total. The smallest absolute Gasteiger partial charge is 0.396 e. The molecule has 0 saturated carbocycles. The van der Waals surface area contributed by atoms with Gasteiger partial charge < -0.3 is 4.52 Å². The molecule has 0 bridgehead atoms. The number of hydrogen-bond donors (Lipinski definition) is 0. The molecule has 0 aliphatic carbocycles. The summed E-state index contributed by atoms with van der Waals surface area (Å²) < 4.78 is 25.1. The van der Waals surface area contributed by atoms with E-state index in [1.165, 1.54) is 0 Å². The maximum absolute atomic E-state index is 14.2. The monoisotopic (exact) mass is 490 g/mol. The average Bonchev–Trinajstić information content (AvgIpc) is 2.68. The molecule has 2 unspecified atom stereocenters. The van der Waals surface area contributed by atoms with E-state index < -0.39 is 7.67 Å². The summed E-state index contributed by atoms with van der Waals surface area (Å²) in [7, 11) is -3.35. The van der Waals surface area contributed by atoms with Crippen molar-refractivity contribution in [1.29, 1.82) is 0 Å². The highest BCUT2D eigenvalue weighted by molar-refractivity contribution is 9.10. The van der Waals surface area contributed by atoms with Gasteiger partial charge in [0.2, 0.25) is 0 Å². The SMILES string of the molecule is CC(c1ccccc1)N1Cc2cc(Br)ccc2OP1(=O)N(CCCl)CCCl. The standard InChI is InChI=1S/C19H22BrCl2N2O2P/c1-15(16-5-3-2-4-6-16)24-14-17-13-18(20)7-8-19(17)26-27(24,25)23(11-9-21)12-10-22/h2-8,13,15H,9-12,14H2,1H3. The van der Waals surface area contributed by atoms with E-state index in [1.807, 2.05) is 60.1 Å². The summed E-state index contributed by atoms with van der Waals surface area (Å²) in [6.07, 6.45) is 0. The van der Waals surface area contributed by atoms with Gasteiger partial charge in [0.05, 0.1) is 0 Å². The molecule has 0 saturated heterocycles. The Morgan fingerprint density at radius 3 is 2.48 bits per heavy atom. The first-order valence-electron chi connectivity index (χ1n) is 8.77. The Morgan fingerprint density at radius 2 is 1.85 bits per heavy atom. The van der Waals surface area contributed by atoms with Crippen LogP contribution in [0.2, 0.25) is 0 Å². The van der Waals surface area contributed by atoms with Crippen molar-refractivity contribution in [2.45, 2.75) is 19.5 Å². The zero-order valence-corrected chi connectivity index (χ0v) is 19.0. The highest BCUT2D eigenvalue weighted by atomic mass is 79.9. The van der Waals surface area contributed by atoms with Crippen LogP contribution in [0.4, 0.5) is 0 Å². The maximum atomic E-state index is 14.2. The molecule has 27 heavy (non-hydrogen) atoms. The summed E-state index contributed by atoms with van der Waals surface area (Å²) in [6, 6.07) is 15.7. The van der Waals surface area contributed by atoms with Gasteiger partial charge in [0.1, 0.15) is 5.75 Å². The molecule has 2 atom stereocenters. The van der Waals surface area contributed by atoms with Crippen molar-refractivity contribution in [2.75, 3.05) is 24.8 Å². The summed E-state index contributed by atoms with van der Waals surface area (Å²) >= 11 is 15.5. The molecule has 0 radical (unpaired) electrons. The molecule has 0 aromatic heterocycles. The van der Waals surface area contributed by atoms with Crippen LogP contribution >= 0.6 is 46.8 Å². The lowest BCUT2D eigenvalue weighted by molar-refractivity contribution is 0.226. The predicted octanol–water partition coefficient (Wildman–Crippen LogP) is 6.29. The minimum absolute atomic E-state index is 0.0997. The van der Waals surface area contributed by atoms with Crippen LogP contribution in [0.15, 0.2) is 53.0 Å². The topological polar surface area (TPSA) is 32.8 Å². The van der Waals surface area contributed by atoms with Gasteiger partial charge in [-0.25, -0.2) is 9.24 Å². The van der Waals surface area contributed by atoms with Crippen LogP contribution in [-0.4, -0.2) is 34.2 Å². The van der Waals surface area contributed by atoms with Crippen molar-refractivity contribution in [3.8, 4) is 5.75 Å². The van der Waals surface area contributed by atoms with Crippen LogP contribution in [0.3, 0.4) is 0 Å². The number of alkyl halides is 2. The first-order valence-corrected chi connectivity index (χ1v) is 12.2. The van der Waals surface area contributed by atoms with E-state index in [-0.39, 0.29) is 6.04 Å². The van der Waals surface area contributed by atoms with Crippen LogP contribution in [0.1, 0.15) is 24.1 Å². The highest BCUT2D eigenvalue weighted by Crippen LogP contribution is 2.61. The molecule has 0 fully saturated rings. The van der Waals surface area contributed by atoms with E-state index >= 15 is 0 Å². The number of hydrogen-bond acceptors (Lipinski definition) is 2. The molecule has 3 rings (SSSR count). The second-order valence-corrected chi connectivity index (χ2v) is 10.3. The summed E-state index contributed by atoms with van der Waals surface area (Å²) in [6.45, 7) is 3.45. The van der Waals surface area contributed by atoms with E-state index in [0.29, 0.717) is 37.1 Å². The Morgan fingerprint density at radius 1 is 1.19 bits per heavy atom. The van der Waals surface area contributed by atoms with Crippen LogP contribution in [0, 0.1) is 0 Å². The van der Waals surface area contributed by atoms with Gasteiger partial charge in [-0.2, -0.15) is 4.67 Å². The second kappa shape index (κ2) is 9.30. The molecular weight excluding hydrogens is 470 g/mol. The van der Waals surface area contributed by atoms with Gasteiger partial charge in [-0.3, -0.25) is 0 Å². The van der Waals surface area contributed by atoms with Gasteiger partial charge in [0.25, 0.3) is 0 Å². The number of rotatable bonds is 7. The molecule has 1 aliphatic heterocycles. The molecule has 0 spiro atoms. The zero-order chi connectivity index (χ0) is 19.4. The predicted molar refractivity (Wildman–Crippen MR) is 116 cm³/mol. The molecule has 2 aromatic carbocycles. The fourth-order valence-electron chi connectivity index (χ4n) is 3.24. The van der Waals surface area contributed by atoms with Gasteiger partial charge in [-0.15, -0.1) is 23.2 Å². The van der Waals surface area contributed by atoms with Crippen LogP contribution < -0.4 is 4.52 Å². The quantitative estimate of drug-likeness (QED) is 0.336. The van der Waals surface area contributed by atoms with Crippen molar-refractivity contribution in [2.24, 2.45) is 0 Å². The molecule has 1 aliphatic rings. The van der Waals surface area contributed by atoms with Gasteiger partial charge in [0.15, 0.2) is 0 Å². The van der Waals surface area contributed by atoms with Crippen molar-refractivity contribution in [1.82, 2.24) is 9.34 Å². The fraction of sp³-hybridized carbons (Fsp3) is 0.368. The minimum atomic E-state index is -3.35. The molecule has 2 aromatic rings. The molecule has 0 amide bonds. The van der Waals surface area contributed by atoms with E-state index in [9.17, 15) is 4.57 Å². The Balaban J connectivity index is 2.06. The highest BCUT2D eigenvalue weighted by Gasteiger charge is 2.46. The molecule has 146 valence electrons. The Kier molecular flexibility index (Phi) is 7.29. The summed E-state index contributed by atoms with van der Waals surface area (Å²) in [4.78, 5) is 0. The average molecular weight is 492 g/mol. The van der Waals surface area contributed by atoms with Crippen LogP contribution in [0.25, 0.3) is 0 Å². The lowest BCUT2D eigenvalue weighted by Gasteiger charge is -2.44. The Hall–Kier alpha value is -0.550. The van der Waals surface area contributed by atoms with Crippen molar-refractivity contribution in [3.63, 3.8) is 0 Å². The number of benzene rings is 2. The van der Waals surface area contributed by atoms with Gasteiger partial charge >= 0.3 is 7.67 Å². The Labute approximate surface area is 179 Å². The van der Waals surface area contributed by atoms with Gasteiger partial charge in [0, 0.05) is 47.5 Å². The van der Waals surface area contributed by atoms with E-state index in [4.69, 9.17) is 27.7 Å². The first-order chi connectivity index (χ1) is 13.0. The van der Waals surface area contributed by atoms with E-state index in [1.54, 1.807) is 4.67 Å². The maximum Gasteiger partial charge on any atom is 0.396 e. The van der Waals surface area contributed by atoms with E-state index in [2.05, 4.69) is 15.9 Å². The zero-order valence-electron chi connectivity index (χ0n) is 15.0. The first kappa shape index (κ1) is 21.2. The molecule has 0 N–H and O–H groups in total. The summed E-state index contributed by atoms with van der Waals surface area (Å²) in [5, 5.41) is 0. The van der Waals surface area contributed by atoms with Crippen molar-refractivity contribution in [3.05, 3.63) is 64.1 Å². The largest absolute Gasteiger partial charge is 0.421 e. The van der Waals surface area contributed by atoms with E-state index in [0.717, 1.165) is 15.6 Å². The van der Waals surface area contributed by atoms with Gasteiger partial charge in [-0.1, -0.05) is 46.3 Å². The third-order valence-corrected chi connectivity index (χ3v) is 8.19. The molecular formula is C19H22BrCl2N2O2P. The number of fused-ring (bicyclic) bond motifs is 1. The van der Waals surface area contributed by atoms with Gasteiger partial charge in [-0.05, 0) is 30.7 Å². The normalized spacial score (nSPS) is 20.9. The molecule has 8 heteroatoms. The minimum Gasteiger partial charge on any atom is -0.421 e. The molecule has 1 heterocycles. The van der Waals surface area contributed by atoms with Crippen molar-refractivity contribution < 1.29 is 9.09 Å². The fourth-order valence-corrected chi connectivity index (χ4v) is 6.88. The third kappa shape index (κ3) is 4.55. The number of halogens is 3. The lowest BCUT2D eigenvalue weighted by Crippen LogP contribution is -2.39. The lowest BCUT2D eigenvalue weighted by atomic mass is 10.1. The third-order valence-electron chi connectivity index (χ3n) is 4.67. The second-order valence-electron chi connectivity index (χ2n) is 6.35. The summed E-state index contributed by atoms with van der Waals surface area (Å²) in [5.41, 5.74) is 2.08. The summed E-state index contributed by atoms with van der Waals surface area (Å²) in [5.74, 6) is 1.35. The van der Waals surface area contributed by atoms with Crippen LogP contribution in [0.5, 0.6) is 5.75 Å². The van der Waals surface area contributed by atoms with Crippen LogP contribution in [-0.2, 0) is 11.1 Å². The number of nitrogens with zero attached hydrogens (tertiary/aromatic N) is 2.